The molecule has 2 aromatic rings. The molecule has 0 spiro atoms. The normalized spacial score (nSPS) is 10.0. The van der Waals surface area contributed by atoms with E-state index in [1.807, 2.05) is 0 Å². The summed E-state index contributed by atoms with van der Waals surface area (Å²) in [5.74, 6) is 0.878. The van der Waals surface area contributed by atoms with E-state index in [0.717, 1.165) is 0 Å². The Morgan fingerprint density at radius 1 is 0.870 bits per heavy atom. The van der Waals surface area contributed by atoms with Gasteiger partial charge in [-0.1, -0.05) is 12.1 Å². The fourth-order valence-electron chi connectivity index (χ4n) is 1.93. The third kappa shape index (κ3) is 4.85. The highest BCUT2D eigenvalue weighted by molar-refractivity contribution is 5.94. The molecule has 0 fully saturated rings. The molecule has 0 radical (unpaired) electrons. The molecule has 0 heterocycles. The van der Waals surface area contributed by atoms with Gasteiger partial charge in [-0.15, -0.1) is 0 Å². The highest BCUT2D eigenvalue weighted by atomic mass is 16.5. The third-order valence-electron chi connectivity index (χ3n) is 3.14. The second-order valence-corrected chi connectivity index (χ2v) is 4.80. The van der Waals surface area contributed by atoms with Gasteiger partial charge in [0, 0.05) is 5.56 Å². The van der Waals surface area contributed by atoms with Gasteiger partial charge in [0.1, 0.15) is 24.7 Å². The number of ether oxygens (including phenoxy) is 3. The summed E-state index contributed by atoms with van der Waals surface area (Å²) in [6, 6.07) is 13.7. The van der Waals surface area contributed by atoms with Gasteiger partial charge in [-0.25, -0.2) is 4.79 Å². The van der Waals surface area contributed by atoms with Crippen molar-refractivity contribution < 1.29 is 23.8 Å². The van der Waals surface area contributed by atoms with E-state index in [1.54, 1.807) is 48.5 Å². The van der Waals surface area contributed by atoms with Crippen molar-refractivity contribution >= 4 is 11.8 Å². The van der Waals surface area contributed by atoms with E-state index in [4.69, 9.17) is 9.47 Å². The Balaban J connectivity index is 1.80. The number of carbonyl (C=O) groups excluding carboxylic acids is 2. The molecule has 0 aliphatic carbocycles. The molecule has 0 atom stereocenters. The molecule has 5 heteroatoms. The van der Waals surface area contributed by atoms with Crippen LogP contribution in [0, 0.1) is 0 Å². The Hall–Kier alpha value is -2.82. The maximum atomic E-state index is 11.3. The van der Waals surface area contributed by atoms with Crippen molar-refractivity contribution in [2.24, 2.45) is 0 Å². The number of ketones is 1. The molecule has 120 valence electrons. The van der Waals surface area contributed by atoms with Gasteiger partial charge in [0.25, 0.3) is 0 Å². The lowest BCUT2D eigenvalue weighted by Crippen LogP contribution is -2.09. The number of hydrogen-bond donors (Lipinski definition) is 0. The van der Waals surface area contributed by atoms with Gasteiger partial charge < -0.3 is 14.2 Å². The van der Waals surface area contributed by atoms with Crippen molar-refractivity contribution in [2.75, 3.05) is 20.3 Å². The first-order chi connectivity index (χ1) is 11.1. The molecule has 0 N–H and O–H groups in total. The zero-order valence-corrected chi connectivity index (χ0v) is 13.1. The number of benzene rings is 2. The molecule has 0 aliphatic heterocycles. The maximum Gasteiger partial charge on any atom is 0.337 e. The Labute approximate surface area is 134 Å². The highest BCUT2D eigenvalue weighted by Crippen LogP contribution is 2.15. The molecular weight excluding hydrogens is 296 g/mol. The van der Waals surface area contributed by atoms with Crippen LogP contribution in [0.25, 0.3) is 0 Å². The molecule has 0 unspecified atom stereocenters. The van der Waals surface area contributed by atoms with E-state index in [1.165, 1.54) is 14.0 Å². The highest BCUT2D eigenvalue weighted by Gasteiger charge is 2.05. The maximum absolute atomic E-state index is 11.3. The molecule has 5 nitrogen and oxygen atoms in total. The van der Waals surface area contributed by atoms with Gasteiger partial charge in [0.2, 0.25) is 0 Å². The van der Waals surface area contributed by atoms with Gasteiger partial charge in [-0.05, 0) is 43.3 Å². The second-order valence-electron chi connectivity index (χ2n) is 4.80. The largest absolute Gasteiger partial charge is 0.490 e. The lowest BCUT2D eigenvalue weighted by molar-refractivity contribution is 0.0600. The van der Waals surface area contributed by atoms with Crippen LogP contribution in [0.1, 0.15) is 27.6 Å². The Morgan fingerprint density at radius 2 is 1.52 bits per heavy atom. The zero-order chi connectivity index (χ0) is 16.7. The van der Waals surface area contributed by atoms with Crippen molar-refractivity contribution in [3.8, 4) is 11.5 Å². The topological polar surface area (TPSA) is 61.8 Å². The first-order valence-corrected chi connectivity index (χ1v) is 7.15. The van der Waals surface area contributed by atoms with Crippen molar-refractivity contribution in [2.45, 2.75) is 6.92 Å². The summed E-state index contributed by atoms with van der Waals surface area (Å²) in [6.45, 7) is 2.21. The van der Waals surface area contributed by atoms with Crippen LogP contribution in [0.5, 0.6) is 11.5 Å². The summed E-state index contributed by atoms with van der Waals surface area (Å²) >= 11 is 0. The van der Waals surface area contributed by atoms with Gasteiger partial charge in [-0.3, -0.25) is 4.79 Å². The fourth-order valence-corrected chi connectivity index (χ4v) is 1.93. The summed E-state index contributed by atoms with van der Waals surface area (Å²) in [6.07, 6.45) is 0. The van der Waals surface area contributed by atoms with Crippen LogP contribution in [-0.4, -0.2) is 32.1 Å². The van der Waals surface area contributed by atoms with E-state index in [9.17, 15) is 9.59 Å². The van der Waals surface area contributed by atoms with Crippen LogP contribution in [0.4, 0.5) is 0 Å². The summed E-state index contributed by atoms with van der Waals surface area (Å²) < 4.78 is 15.7. The Bertz CT molecular complexity index is 676. The SMILES string of the molecule is COC(=O)c1ccc(OCCOc2cccc(C(C)=O)c2)cc1. The third-order valence-corrected chi connectivity index (χ3v) is 3.14. The molecule has 0 aliphatic rings. The first-order valence-electron chi connectivity index (χ1n) is 7.15. The van der Waals surface area contributed by atoms with Crippen LogP contribution in [0.15, 0.2) is 48.5 Å². The molecule has 0 aromatic heterocycles. The number of esters is 1. The predicted octanol–water partition coefficient (Wildman–Crippen LogP) is 3.13. The molecule has 0 amide bonds. The first kappa shape index (κ1) is 16.5. The van der Waals surface area contributed by atoms with E-state index < -0.39 is 0 Å². The number of Topliss-reactive ketones (excluding diaryl/α,β-unsaturated/α-hetero) is 1. The number of carbonyl (C=O) groups is 2. The fraction of sp³-hybridized carbons (Fsp3) is 0.222. The molecular formula is C18H18O5. The van der Waals surface area contributed by atoms with Gasteiger partial charge >= 0.3 is 5.97 Å². The minimum Gasteiger partial charge on any atom is -0.490 e. The quantitative estimate of drug-likeness (QED) is 0.446. The molecule has 0 saturated carbocycles. The smallest absolute Gasteiger partial charge is 0.337 e. The lowest BCUT2D eigenvalue weighted by Gasteiger charge is -2.09. The predicted molar refractivity (Wildman–Crippen MR) is 85.2 cm³/mol. The van der Waals surface area contributed by atoms with Crippen LogP contribution in [0.3, 0.4) is 0 Å². The molecule has 23 heavy (non-hydrogen) atoms. The average molecular weight is 314 g/mol. The average Bonchev–Trinajstić information content (AvgIpc) is 2.59. The van der Waals surface area contributed by atoms with Crippen LogP contribution in [-0.2, 0) is 4.74 Å². The Morgan fingerprint density at radius 3 is 2.13 bits per heavy atom. The summed E-state index contributed by atoms with van der Waals surface area (Å²) in [5, 5.41) is 0. The molecule has 0 saturated heterocycles. The zero-order valence-electron chi connectivity index (χ0n) is 13.1. The standard InChI is InChI=1S/C18H18O5/c1-13(19)15-4-3-5-17(12-15)23-11-10-22-16-8-6-14(7-9-16)18(20)21-2/h3-9,12H,10-11H2,1-2H3. The monoisotopic (exact) mass is 314 g/mol. The molecule has 2 aromatic carbocycles. The second kappa shape index (κ2) is 7.98. The van der Waals surface area contributed by atoms with Crippen molar-refractivity contribution in [3.63, 3.8) is 0 Å². The summed E-state index contributed by atoms with van der Waals surface area (Å²) in [5.41, 5.74) is 1.08. The number of methoxy groups -OCH3 is 1. The van der Waals surface area contributed by atoms with Crippen LogP contribution in [0.2, 0.25) is 0 Å². The van der Waals surface area contributed by atoms with Crippen molar-refractivity contribution in [3.05, 3.63) is 59.7 Å². The molecule has 0 bridgehead atoms. The number of rotatable bonds is 7. The van der Waals surface area contributed by atoms with E-state index >= 15 is 0 Å². The lowest BCUT2D eigenvalue weighted by atomic mass is 10.1. The van der Waals surface area contributed by atoms with Gasteiger partial charge in [0.05, 0.1) is 12.7 Å². The van der Waals surface area contributed by atoms with Gasteiger partial charge in [-0.2, -0.15) is 0 Å². The molecule has 2 rings (SSSR count). The van der Waals surface area contributed by atoms with E-state index in [-0.39, 0.29) is 11.8 Å². The van der Waals surface area contributed by atoms with Gasteiger partial charge in [0.15, 0.2) is 5.78 Å². The van der Waals surface area contributed by atoms with E-state index in [0.29, 0.717) is 35.8 Å². The minimum absolute atomic E-state index is 0.00241. The summed E-state index contributed by atoms with van der Waals surface area (Å²) in [4.78, 5) is 22.6. The van der Waals surface area contributed by atoms with Crippen LogP contribution < -0.4 is 9.47 Å². The number of hydrogen-bond acceptors (Lipinski definition) is 5. The Kier molecular flexibility index (Phi) is 5.74. The summed E-state index contributed by atoms with van der Waals surface area (Å²) in [7, 11) is 1.34. The van der Waals surface area contributed by atoms with Crippen molar-refractivity contribution in [1.29, 1.82) is 0 Å². The minimum atomic E-state index is -0.384. The van der Waals surface area contributed by atoms with E-state index in [2.05, 4.69) is 4.74 Å². The van der Waals surface area contributed by atoms with Crippen molar-refractivity contribution in [1.82, 2.24) is 0 Å². The van der Waals surface area contributed by atoms with Crippen LogP contribution >= 0.6 is 0 Å².